The van der Waals surface area contributed by atoms with Crippen molar-refractivity contribution < 1.29 is 9.50 Å². The van der Waals surface area contributed by atoms with Gasteiger partial charge in [-0.1, -0.05) is 12.1 Å². The molecule has 3 nitrogen and oxygen atoms in total. The van der Waals surface area contributed by atoms with Gasteiger partial charge in [-0.25, -0.2) is 9.37 Å². The Kier molecular flexibility index (Phi) is 2.88. The molecule has 0 bridgehead atoms. The molecule has 3 rings (SSSR count). The van der Waals surface area contributed by atoms with Crippen LogP contribution in [0.15, 0.2) is 30.5 Å². The van der Waals surface area contributed by atoms with Crippen LogP contribution in [0.4, 0.5) is 4.39 Å². The summed E-state index contributed by atoms with van der Waals surface area (Å²) in [6.45, 7) is 0.826. The summed E-state index contributed by atoms with van der Waals surface area (Å²) < 4.78 is 14.9. The number of hydrogen-bond donors (Lipinski definition) is 1. The fourth-order valence-corrected chi connectivity index (χ4v) is 2.37. The van der Waals surface area contributed by atoms with Crippen molar-refractivity contribution in [1.82, 2.24) is 9.55 Å². The van der Waals surface area contributed by atoms with Crippen molar-refractivity contribution in [3.63, 3.8) is 0 Å². The first-order valence-corrected chi connectivity index (χ1v) is 6.18. The molecule has 0 saturated carbocycles. The van der Waals surface area contributed by atoms with Crippen LogP contribution < -0.4 is 0 Å². The Bertz CT molecular complexity index is 547. The highest BCUT2D eigenvalue weighted by atomic mass is 19.1. The van der Waals surface area contributed by atoms with Crippen molar-refractivity contribution in [1.29, 1.82) is 0 Å². The number of imidazole rings is 1. The molecule has 0 fully saturated rings. The number of aryl methyl sites for hydroxylation is 1. The van der Waals surface area contributed by atoms with Gasteiger partial charge in [0.25, 0.3) is 0 Å². The van der Waals surface area contributed by atoms with Crippen LogP contribution in [0.3, 0.4) is 0 Å². The lowest BCUT2D eigenvalue weighted by Gasteiger charge is -2.18. The van der Waals surface area contributed by atoms with E-state index in [-0.39, 0.29) is 11.9 Å². The third kappa shape index (κ3) is 2.29. The zero-order valence-corrected chi connectivity index (χ0v) is 10.0. The van der Waals surface area contributed by atoms with Gasteiger partial charge in [-0.05, 0) is 24.1 Å². The second kappa shape index (κ2) is 4.53. The molecular weight excluding hydrogens is 231 g/mol. The van der Waals surface area contributed by atoms with Gasteiger partial charge < -0.3 is 9.67 Å². The Morgan fingerprint density at radius 2 is 2.11 bits per heavy atom. The molecule has 0 amide bonds. The number of fused-ring (bicyclic) bond motifs is 1. The van der Waals surface area contributed by atoms with Gasteiger partial charge in [0.05, 0.1) is 11.8 Å². The predicted molar refractivity (Wildman–Crippen MR) is 65.8 cm³/mol. The summed E-state index contributed by atoms with van der Waals surface area (Å²) in [5.74, 6) is 0.733. The maximum atomic E-state index is 12.8. The van der Waals surface area contributed by atoms with Gasteiger partial charge in [-0.3, -0.25) is 0 Å². The molecule has 4 heteroatoms. The van der Waals surface area contributed by atoms with Gasteiger partial charge in [0.15, 0.2) is 0 Å². The first-order chi connectivity index (χ1) is 8.70. The van der Waals surface area contributed by atoms with E-state index < -0.39 is 0 Å². The average molecular weight is 246 g/mol. The zero-order valence-electron chi connectivity index (χ0n) is 10.0. The minimum atomic E-state index is -0.265. The van der Waals surface area contributed by atoms with Crippen LogP contribution in [0.2, 0.25) is 0 Å². The SMILES string of the molecule is OC1CCn2cc(Cc3ccc(F)cc3)nc2C1. The number of aromatic nitrogens is 2. The zero-order chi connectivity index (χ0) is 12.5. The fraction of sp³-hybridized carbons (Fsp3) is 0.357. The Balaban J connectivity index is 1.79. The van der Waals surface area contributed by atoms with E-state index in [2.05, 4.69) is 9.55 Å². The molecule has 2 heterocycles. The maximum Gasteiger partial charge on any atom is 0.123 e. The van der Waals surface area contributed by atoms with Crippen LogP contribution in [0.5, 0.6) is 0 Å². The molecule has 1 atom stereocenters. The summed E-state index contributed by atoms with van der Waals surface area (Å²) in [6, 6.07) is 6.50. The normalized spacial score (nSPS) is 18.7. The third-order valence-corrected chi connectivity index (χ3v) is 3.33. The number of aliphatic hydroxyl groups excluding tert-OH is 1. The summed E-state index contributed by atoms with van der Waals surface area (Å²) in [5, 5.41) is 9.59. The van der Waals surface area contributed by atoms with Crippen LogP contribution >= 0.6 is 0 Å². The van der Waals surface area contributed by atoms with Crippen LogP contribution in [0, 0.1) is 5.82 Å². The van der Waals surface area contributed by atoms with Crippen LogP contribution in [0.1, 0.15) is 23.5 Å². The van der Waals surface area contributed by atoms with Gasteiger partial charge in [0.1, 0.15) is 11.6 Å². The molecule has 0 aliphatic carbocycles. The number of halogens is 1. The second-order valence-corrected chi connectivity index (χ2v) is 4.79. The molecule has 1 aliphatic rings. The third-order valence-electron chi connectivity index (χ3n) is 3.33. The number of aliphatic hydroxyl groups is 1. The first kappa shape index (κ1) is 11.4. The molecule has 18 heavy (non-hydrogen) atoms. The molecule has 1 N–H and O–H groups in total. The molecule has 0 saturated heterocycles. The standard InChI is InChI=1S/C14H15FN2O/c15-11-3-1-10(2-4-11)7-12-9-17-6-5-13(18)8-14(17)16-12/h1-4,9,13,18H,5-8H2. The molecule has 0 radical (unpaired) electrons. The smallest absolute Gasteiger partial charge is 0.123 e. The number of nitrogens with zero attached hydrogens (tertiary/aromatic N) is 2. The van der Waals surface area contributed by atoms with Crippen molar-refractivity contribution in [3.8, 4) is 0 Å². The average Bonchev–Trinajstić information content (AvgIpc) is 2.73. The van der Waals surface area contributed by atoms with Crippen molar-refractivity contribution in [2.75, 3.05) is 0 Å². The first-order valence-electron chi connectivity index (χ1n) is 6.18. The van der Waals surface area contributed by atoms with Crippen LogP contribution in [0.25, 0.3) is 0 Å². The fourth-order valence-electron chi connectivity index (χ4n) is 2.37. The molecule has 0 spiro atoms. The monoisotopic (exact) mass is 246 g/mol. The van der Waals surface area contributed by atoms with Gasteiger partial charge in [-0.2, -0.15) is 0 Å². The summed E-state index contributed by atoms with van der Waals surface area (Å²) in [5.41, 5.74) is 2.03. The Morgan fingerprint density at radius 3 is 2.89 bits per heavy atom. The summed E-state index contributed by atoms with van der Waals surface area (Å²) in [6.07, 6.45) is 3.89. The van der Waals surface area contributed by atoms with E-state index in [0.29, 0.717) is 12.8 Å². The summed E-state index contributed by atoms with van der Waals surface area (Å²) >= 11 is 0. The van der Waals surface area contributed by atoms with Crippen molar-refractivity contribution in [3.05, 3.63) is 53.4 Å². The summed E-state index contributed by atoms with van der Waals surface area (Å²) in [4.78, 5) is 4.53. The Labute approximate surface area is 105 Å². The molecule has 1 aromatic carbocycles. The van der Waals surface area contributed by atoms with Crippen molar-refractivity contribution in [2.45, 2.75) is 31.9 Å². The van der Waals surface area contributed by atoms with Gasteiger partial charge in [-0.15, -0.1) is 0 Å². The molecule has 94 valence electrons. The maximum absolute atomic E-state index is 12.8. The highest BCUT2D eigenvalue weighted by Crippen LogP contribution is 2.17. The van der Waals surface area contributed by atoms with Gasteiger partial charge in [0.2, 0.25) is 0 Å². The van der Waals surface area contributed by atoms with E-state index in [0.717, 1.165) is 30.0 Å². The van der Waals surface area contributed by atoms with Crippen LogP contribution in [-0.2, 0) is 19.4 Å². The van der Waals surface area contributed by atoms with E-state index in [1.54, 1.807) is 12.1 Å². The lowest BCUT2D eigenvalue weighted by atomic mass is 10.1. The van der Waals surface area contributed by atoms with Gasteiger partial charge in [0, 0.05) is 25.6 Å². The van der Waals surface area contributed by atoms with E-state index in [1.165, 1.54) is 12.1 Å². The number of benzene rings is 1. The lowest BCUT2D eigenvalue weighted by molar-refractivity contribution is 0.141. The Morgan fingerprint density at radius 1 is 1.33 bits per heavy atom. The minimum absolute atomic E-state index is 0.217. The van der Waals surface area contributed by atoms with E-state index in [4.69, 9.17) is 0 Å². The highest BCUT2D eigenvalue weighted by Gasteiger charge is 2.18. The lowest BCUT2D eigenvalue weighted by Crippen LogP contribution is -2.22. The van der Waals surface area contributed by atoms with E-state index in [9.17, 15) is 9.50 Å². The van der Waals surface area contributed by atoms with Crippen molar-refractivity contribution >= 4 is 0 Å². The number of rotatable bonds is 2. The minimum Gasteiger partial charge on any atom is -0.393 e. The molecule has 1 unspecified atom stereocenters. The largest absolute Gasteiger partial charge is 0.393 e. The Hall–Kier alpha value is -1.68. The molecular formula is C14H15FN2O. The molecule has 1 aliphatic heterocycles. The molecule has 1 aromatic heterocycles. The van der Waals surface area contributed by atoms with Gasteiger partial charge >= 0.3 is 0 Å². The highest BCUT2D eigenvalue weighted by molar-refractivity contribution is 5.22. The quantitative estimate of drug-likeness (QED) is 0.879. The van der Waals surface area contributed by atoms with E-state index >= 15 is 0 Å². The van der Waals surface area contributed by atoms with E-state index in [1.807, 2.05) is 6.20 Å². The van der Waals surface area contributed by atoms with Crippen molar-refractivity contribution in [2.24, 2.45) is 0 Å². The second-order valence-electron chi connectivity index (χ2n) is 4.79. The molecule has 2 aromatic rings. The predicted octanol–water partition coefficient (Wildman–Crippen LogP) is 1.92. The van der Waals surface area contributed by atoms with Crippen LogP contribution in [-0.4, -0.2) is 20.8 Å². The summed E-state index contributed by atoms with van der Waals surface area (Å²) in [7, 11) is 0. The number of hydrogen-bond acceptors (Lipinski definition) is 2. The topological polar surface area (TPSA) is 38.0 Å².